The molecule has 41 heavy (non-hydrogen) atoms. The number of allylic oxidation sites excluding steroid dienone is 4. The van der Waals surface area contributed by atoms with Crippen molar-refractivity contribution in [1.29, 1.82) is 0 Å². The van der Waals surface area contributed by atoms with E-state index in [1.54, 1.807) is 32.1 Å². The molecule has 0 spiro atoms. The highest BCUT2D eigenvalue weighted by atomic mass is 28.4. The number of rotatable bonds is 17. The molecule has 7 heteroatoms. The number of carbonyl (C=O) groups is 2. The maximum atomic E-state index is 13.3. The second-order valence-corrected chi connectivity index (χ2v) is 16.1. The number of hydrogen-bond donors (Lipinski definition) is 0. The lowest BCUT2D eigenvalue weighted by molar-refractivity contribution is -0.171. The molecule has 0 aliphatic rings. The average Bonchev–Trinajstić information content (AvgIpc) is 2.91. The molecule has 0 N–H and O–H groups in total. The molecular formula is C34H50O6Si. The summed E-state index contributed by atoms with van der Waals surface area (Å²) >= 11 is 0. The largest absolute Gasteiger partial charge is 0.465 e. The van der Waals surface area contributed by atoms with Crippen molar-refractivity contribution in [2.45, 2.75) is 91.1 Å². The van der Waals surface area contributed by atoms with Crippen molar-refractivity contribution >= 4 is 20.3 Å². The Bertz CT molecular complexity index is 1040. The number of ether oxygens (including phenoxy) is 3. The fourth-order valence-corrected chi connectivity index (χ4v) is 4.87. The summed E-state index contributed by atoms with van der Waals surface area (Å²) in [6.45, 7) is 19.2. The molecule has 0 fully saturated rings. The molecule has 0 aliphatic heterocycles. The SMILES string of the molecule is C=C/C=C/CCC(C#CCC(C/C=C\COCc1ccccc1)(C(=O)OCC)C(=O)OCC)O[Si](C)(C)C(C)(C)C. The zero-order valence-corrected chi connectivity index (χ0v) is 27.2. The smallest absolute Gasteiger partial charge is 0.324 e. The summed E-state index contributed by atoms with van der Waals surface area (Å²) in [4.78, 5) is 26.5. The van der Waals surface area contributed by atoms with Crippen LogP contribution in [-0.2, 0) is 34.8 Å². The molecule has 226 valence electrons. The first-order valence-corrected chi connectivity index (χ1v) is 17.4. The Labute approximate surface area is 249 Å². The van der Waals surface area contributed by atoms with Crippen LogP contribution in [0.1, 0.15) is 65.9 Å². The predicted molar refractivity (Wildman–Crippen MR) is 169 cm³/mol. The normalized spacial score (nSPS) is 13.0. The van der Waals surface area contributed by atoms with E-state index in [9.17, 15) is 9.59 Å². The Morgan fingerprint density at radius 2 is 1.63 bits per heavy atom. The first kappa shape index (κ1) is 36.1. The van der Waals surface area contributed by atoms with E-state index < -0.39 is 25.7 Å². The van der Waals surface area contributed by atoms with Crippen LogP contribution in [0.4, 0.5) is 0 Å². The molecule has 0 aromatic heterocycles. The number of esters is 2. The molecule has 1 aromatic rings. The van der Waals surface area contributed by atoms with Crippen LogP contribution in [0, 0.1) is 17.3 Å². The van der Waals surface area contributed by atoms with Crippen molar-refractivity contribution in [3.05, 3.63) is 72.9 Å². The molecular weight excluding hydrogens is 532 g/mol. The summed E-state index contributed by atoms with van der Waals surface area (Å²) in [5.41, 5.74) is -0.516. The summed E-state index contributed by atoms with van der Waals surface area (Å²) in [5, 5.41) is 0.0108. The maximum absolute atomic E-state index is 13.3. The standard InChI is InChI=1S/C34H50O6Si/c1-9-12-13-17-23-30(40-41(7,8)33(4,5)6)24-20-26-34(31(35)38-10-2,32(36)39-11-3)25-18-19-27-37-28-29-21-15-14-16-22-29/h9,12-16,18-19,21-22,30H,1,10-11,17,23,25-28H2,2-8H3/b13-12+,19-18-. The van der Waals surface area contributed by atoms with Gasteiger partial charge >= 0.3 is 11.9 Å². The third-order valence-corrected chi connectivity index (χ3v) is 11.5. The zero-order chi connectivity index (χ0) is 30.8. The van der Waals surface area contributed by atoms with Crippen LogP contribution in [0.15, 0.2) is 67.3 Å². The van der Waals surface area contributed by atoms with E-state index in [-0.39, 0.29) is 37.2 Å². The molecule has 0 heterocycles. The van der Waals surface area contributed by atoms with E-state index in [4.69, 9.17) is 18.6 Å². The third-order valence-electron chi connectivity index (χ3n) is 7.05. The molecule has 1 unspecified atom stereocenters. The van der Waals surface area contributed by atoms with Gasteiger partial charge in [0, 0.05) is 6.42 Å². The molecule has 0 bridgehead atoms. The summed E-state index contributed by atoms with van der Waals surface area (Å²) in [6.07, 6.45) is 10.4. The Balaban J connectivity index is 3.20. The molecule has 0 saturated carbocycles. The van der Waals surface area contributed by atoms with Crippen LogP contribution < -0.4 is 0 Å². The monoisotopic (exact) mass is 582 g/mol. The van der Waals surface area contributed by atoms with E-state index >= 15 is 0 Å². The fraction of sp³-hybridized carbons (Fsp3) is 0.529. The van der Waals surface area contributed by atoms with Gasteiger partial charge in [-0.3, -0.25) is 9.59 Å². The third kappa shape index (κ3) is 12.6. The molecule has 0 amide bonds. The van der Waals surface area contributed by atoms with Crippen LogP contribution in [0.5, 0.6) is 0 Å². The highest BCUT2D eigenvalue weighted by molar-refractivity contribution is 6.74. The van der Waals surface area contributed by atoms with Crippen LogP contribution >= 0.6 is 0 Å². The highest BCUT2D eigenvalue weighted by Gasteiger charge is 2.47. The molecule has 6 nitrogen and oxygen atoms in total. The Morgan fingerprint density at radius 3 is 2.20 bits per heavy atom. The van der Waals surface area contributed by atoms with Gasteiger partial charge in [-0.25, -0.2) is 0 Å². The van der Waals surface area contributed by atoms with E-state index in [1.165, 1.54) is 0 Å². The van der Waals surface area contributed by atoms with Crippen LogP contribution in [0.25, 0.3) is 0 Å². The molecule has 0 saturated heterocycles. The van der Waals surface area contributed by atoms with Crippen LogP contribution in [0.2, 0.25) is 18.1 Å². The zero-order valence-electron chi connectivity index (χ0n) is 26.2. The van der Waals surface area contributed by atoms with Crippen molar-refractivity contribution in [2.75, 3.05) is 19.8 Å². The van der Waals surface area contributed by atoms with E-state index in [0.29, 0.717) is 19.6 Å². The first-order valence-electron chi connectivity index (χ1n) is 14.5. The van der Waals surface area contributed by atoms with Crippen LogP contribution in [-0.4, -0.2) is 46.2 Å². The Morgan fingerprint density at radius 1 is 1.00 bits per heavy atom. The maximum Gasteiger partial charge on any atom is 0.324 e. The lowest BCUT2D eigenvalue weighted by Gasteiger charge is -2.38. The minimum atomic E-state index is -2.11. The fourth-order valence-electron chi connectivity index (χ4n) is 3.63. The molecule has 0 radical (unpaired) electrons. The summed E-state index contributed by atoms with van der Waals surface area (Å²) in [5.74, 6) is 5.09. The predicted octanol–water partition coefficient (Wildman–Crippen LogP) is 7.57. The van der Waals surface area contributed by atoms with Gasteiger partial charge in [0.25, 0.3) is 0 Å². The molecule has 0 aliphatic carbocycles. The number of carbonyl (C=O) groups excluding carboxylic acids is 2. The van der Waals surface area contributed by atoms with Gasteiger partial charge in [-0.05, 0) is 56.8 Å². The first-order chi connectivity index (χ1) is 19.4. The van der Waals surface area contributed by atoms with E-state index in [2.05, 4.69) is 52.3 Å². The van der Waals surface area contributed by atoms with Gasteiger partial charge in [-0.15, -0.1) is 0 Å². The summed E-state index contributed by atoms with van der Waals surface area (Å²) in [7, 11) is -2.11. The van der Waals surface area contributed by atoms with Crippen molar-refractivity contribution in [1.82, 2.24) is 0 Å². The second kappa shape index (κ2) is 18.5. The summed E-state index contributed by atoms with van der Waals surface area (Å²) < 4.78 is 23.1. The van der Waals surface area contributed by atoms with Gasteiger partial charge in [-0.1, -0.05) is 99.9 Å². The van der Waals surface area contributed by atoms with Crippen LogP contribution in [0.3, 0.4) is 0 Å². The minimum absolute atomic E-state index is 0.0108. The van der Waals surface area contributed by atoms with Gasteiger partial charge in [0.2, 0.25) is 0 Å². The quantitative estimate of drug-likeness (QED) is 0.0359. The highest BCUT2D eigenvalue weighted by Crippen LogP contribution is 2.38. The topological polar surface area (TPSA) is 71.1 Å². The van der Waals surface area contributed by atoms with Gasteiger partial charge in [-0.2, -0.15) is 0 Å². The minimum Gasteiger partial charge on any atom is -0.465 e. The summed E-state index contributed by atoms with van der Waals surface area (Å²) in [6, 6.07) is 9.86. The van der Waals surface area contributed by atoms with Crippen molar-refractivity contribution < 1.29 is 28.2 Å². The lowest BCUT2D eigenvalue weighted by Crippen LogP contribution is -2.43. The van der Waals surface area contributed by atoms with Gasteiger partial charge in [0.15, 0.2) is 13.7 Å². The van der Waals surface area contributed by atoms with Gasteiger partial charge in [0.1, 0.15) is 6.10 Å². The van der Waals surface area contributed by atoms with Crippen molar-refractivity contribution in [3.63, 3.8) is 0 Å². The van der Waals surface area contributed by atoms with Crippen molar-refractivity contribution in [3.8, 4) is 11.8 Å². The molecule has 1 aromatic carbocycles. The number of hydrogen-bond acceptors (Lipinski definition) is 6. The number of benzene rings is 1. The van der Waals surface area contributed by atoms with Gasteiger partial charge < -0.3 is 18.6 Å². The van der Waals surface area contributed by atoms with Crippen molar-refractivity contribution in [2.24, 2.45) is 5.41 Å². The lowest BCUT2D eigenvalue weighted by atomic mass is 9.81. The Kier molecular flexibility index (Phi) is 16.3. The average molecular weight is 583 g/mol. The van der Waals surface area contributed by atoms with Gasteiger partial charge in [0.05, 0.1) is 26.4 Å². The van der Waals surface area contributed by atoms with E-state index in [1.807, 2.05) is 42.5 Å². The second-order valence-electron chi connectivity index (χ2n) is 11.3. The Hall–Kier alpha value is -2.92. The van der Waals surface area contributed by atoms with E-state index in [0.717, 1.165) is 12.0 Å². The molecule has 1 rings (SSSR count). The molecule has 1 atom stereocenters.